The number of hydrogen-bond donors (Lipinski definition) is 0. The largest absolute Gasteiger partial charge is 0.423 e. The Morgan fingerprint density at radius 1 is 1.54 bits per heavy atom. The van der Waals surface area contributed by atoms with Crippen LogP contribution in [0.1, 0.15) is 12.5 Å². The maximum Gasteiger partial charge on any atom is 0.335 e. The van der Waals surface area contributed by atoms with E-state index >= 15 is 0 Å². The molecule has 1 rings (SSSR count). The summed E-state index contributed by atoms with van der Waals surface area (Å²) in [6.45, 7) is 5.35. The van der Waals surface area contributed by atoms with Gasteiger partial charge < -0.3 is 4.74 Å². The Labute approximate surface area is 77.8 Å². The third-order valence-corrected chi connectivity index (χ3v) is 1.73. The molecule has 0 amide bonds. The molecule has 0 spiro atoms. The zero-order chi connectivity index (χ0) is 9.68. The molecule has 0 N–H and O–H groups in total. The lowest BCUT2D eigenvalue weighted by molar-refractivity contribution is -0.129. The van der Waals surface area contributed by atoms with Gasteiger partial charge in [0.2, 0.25) is 0 Å². The van der Waals surface area contributed by atoms with Crippen molar-refractivity contribution in [3.63, 3.8) is 0 Å². The first-order chi connectivity index (χ1) is 6.27. The van der Waals surface area contributed by atoms with E-state index in [1.165, 1.54) is 0 Å². The van der Waals surface area contributed by atoms with Gasteiger partial charge in [-0.15, -0.1) is 0 Å². The molecule has 2 nitrogen and oxygen atoms in total. The van der Waals surface area contributed by atoms with E-state index in [0.717, 1.165) is 18.1 Å². The zero-order valence-corrected chi connectivity index (χ0v) is 7.62. The van der Waals surface area contributed by atoms with Gasteiger partial charge in [0.1, 0.15) is 5.75 Å². The first-order valence-corrected chi connectivity index (χ1v) is 4.20. The number of aryl methyl sites for hydroxylation is 1. The van der Waals surface area contributed by atoms with Crippen molar-refractivity contribution in [3.8, 4) is 5.75 Å². The van der Waals surface area contributed by atoms with E-state index in [2.05, 4.69) is 6.58 Å². The molecule has 2 heteroatoms. The highest BCUT2D eigenvalue weighted by molar-refractivity contribution is 5.83. The highest BCUT2D eigenvalue weighted by Crippen LogP contribution is 2.18. The number of ether oxygens (including phenoxy) is 1. The van der Waals surface area contributed by atoms with Crippen LogP contribution in [0.3, 0.4) is 0 Å². The van der Waals surface area contributed by atoms with Crippen molar-refractivity contribution in [1.29, 1.82) is 0 Å². The predicted molar refractivity (Wildman–Crippen MR) is 51.7 cm³/mol. The molecule has 0 saturated carbocycles. The third-order valence-electron chi connectivity index (χ3n) is 1.73. The molecule has 0 aliphatic rings. The number of carbonyl (C=O) groups excluding carboxylic acids is 1. The molecule has 0 atom stereocenters. The van der Waals surface area contributed by atoms with Gasteiger partial charge in [-0.3, -0.25) is 0 Å². The second-order valence-corrected chi connectivity index (χ2v) is 2.59. The molecule has 0 unspecified atom stereocenters. The molecule has 13 heavy (non-hydrogen) atoms. The van der Waals surface area contributed by atoms with Gasteiger partial charge in [-0.2, -0.15) is 0 Å². The summed E-state index contributed by atoms with van der Waals surface area (Å²) in [5, 5.41) is 0. The van der Waals surface area contributed by atoms with Crippen LogP contribution in [-0.2, 0) is 11.2 Å². The van der Waals surface area contributed by atoms with E-state index in [4.69, 9.17) is 4.74 Å². The molecule has 0 saturated heterocycles. The summed E-state index contributed by atoms with van der Waals surface area (Å²) in [6.07, 6.45) is 2.01. The normalized spacial score (nSPS) is 9.31. The standard InChI is InChI=1S/C11H12O2/c1-3-9-7-5-6-8-10(9)13-11(12)4-2/h4-8H,2-3H2,1H3. The van der Waals surface area contributed by atoms with Crippen LogP contribution in [0.5, 0.6) is 5.75 Å². The van der Waals surface area contributed by atoms with Crippen LogP contribution in [0, 0.1) is 0 Å². The highest BCUT2D eigenvalue weighted by atomic mass is 16.5. The molecule has 0 aliphatic heterocycles. The smallest absolute Gasteiger partial charge is 0.335 e. The molecule has 0 fully saturated rings. The predicted octanol–water partition coefficient (Wildman–Crippen LogP) is 2.34. The van der Waals surface area contributed by atoms with Gasteiger partial charge in [-0.05, 0) is 18.1 Å². The maximum atomic E-state index is 10.9. The second kappa shape index (κ2) is 4.45. The zero-order valence-electron chi connectivity index (χ0n) is 7.62. The lowest BCUT2D eigenvalue weighted by Crippen LogP contribution is -2.04. The van der Waals surface area contributed by atoms with Gasteiger partial charge >= 0.3 is 5.97 Å². The Morgan fingerprint density at radius 2 is 2.23 bits per heavy atom. The van der Waals surface area contributed by atoms with Crippen LogP contribution in [0.2, 0.25) is 0 Å². The van der Waals surface area contributed by atoms with Crippen molar-refractivity contribution < 1.29 is 9.53 Å². The average molecular weight is 176 g/mol. The molecule has 1 aromatic rings. The maximum absolute atomic E-state index is 10.9. The monoisotopic (exact) mass is 176 g/mol. The Morgan fingerprint density at radius 3 is 2.85 bits per heavy atom. The summed E-state index contributed by atoms with van der Waals surface area (Å²) in [5.74, 6) is 0.204. The van der Waals surface area contributed by atoms with E-state index < -0.39 is 5.97 Å². The van der Waals surface area contributed by atoms with Crippen LogP contribution >= 0.6 is 0 Å². The van der Waals surface area contributed by atoms with E-state index in [1.54, 1.807) is 6.07 Å². The number of esters is 1. The summed E-state index contributed by atoms with van der Waals surface area (Å²) in [7, 11) is 0. The van der Waals surface area contributed by atoms with E-state index in [1.807, 2.05) is 25.1 Å². The van der Waals surface area contributed by atoms with Crippen molar-refractivity contribution in [3.05, 3.63) is 42.5 Å². The minimum absolute atomic E-state index is 0.416. The van der Waals surface area contributed by atoms with Gasteiger partial charge in [0.05, 0.1) is 0 Å². The number of hydrogen-bond acceptors (Lipinski definition) is 2. The van der Waals surface area contributed by atoms with Gasteiger partial charge in [0.25, 0.3) is 0 Å². The lowest BCUT2D eigenvalue weighted by Gasteiger charge is -2.05. The molecule has 0 radical (unpaired) electrons. The van der Waals surface area contributed by atoms with Crippen LogP contribution in [-0.4, -0.2) is 5.97 Å². The average Bonchev–Trinajstić information content (AvgIpc) is 2.18. The molecular weight excluding hydrogens is 164 g/mol. The number of benzene rings is 1. The van der Waals surface area contributed by atoms with Crippen molar-refractivity contribution in [2.75, 3.05) is 0 Å². The molecule has 0 aliphatic carbocycles. The van der Waals surface area contributed by atoms with Gasteiger partial charge in [-0.1, -0.05) is 31.7 Å². The summed E-state index contributed by atoms with van der Waals surface area (Å²) >= 11 is 0. The van der Waals surface area contributed by atoms with Crippen LogP contribution in [0.4, 0.5) is 0 Å². The fourth-order valence-corrected chi connectivity index (χ4v) is 1.05. The van der Waals surface area contributed by atoms with Gasteiger partial charge in [-0.25, -0.2) is 4.79 Å². The first kappa shape index (κ1) is 9.52. The Balaban J connectivity index is 2.86. The molecule has 1 aromatic carbocycles. The van der Waals surface area contributed by atoms with E-state index in [0.29, 0.717) is 5.75 Å². The minimum Gasteiger partial charge on any atom is -0.423 e. The fraction of sp³-hybridized carbons (Fsp3) is 0.182. The number of carbonyl (C=O) groups is 1. The quantitative estimate of drug-likeness (QED) is 0.401. The van der Waals surface area contributed by atoms with Crippen molar-refractivity contribution >= 4 is 5.97 Å². The first-order valence-electron chi connectivity index (χ1n) is 4.20. The Bertz CT molecular complexity index is 316. The Hall–Kier alpha value is -1.57. The minimum atomic E-state index is -0.416. The van der Waals surface area contributed by atoms with E-state index in [9.17, 15) is 4.79 Å². The topological polar surface area (TPSA) is 26.3 Å². The van der Waals surface area contributed by atoms with Crippen molar-refractivity contribution in [1.82, 2.24) is 0 Å². The van der Waals surface area contributed by atoms with Gasteiger partial charge in [0.15, 0.2) is 0 Å². The van der Waals surface area contributed by atoms with Crippen LogP contribution in [0.25, 0.3) is 0 Å². The number of rotatable bonds is 3. The number of para-hydroxylation sites is 1. The summed E-state index contributed by atoms with van der Waals surface area (Å²) in [5.41, 5.74) is 1.03. The fourth-order valence-electron chi connectivity index (χ4n) is 1.05. The summed E-state index contributed by atoms with van der Waals surface area (Å²) in [4.78, 5) is 10.9. The summed E-state index contributed by atoms with van der Waals surface area (Å²) in [6, 6.07) is 7.47. The SMILES string of the molecule is C=CC(=O)Oc1ccccc1CC. The highest BCUT2D eigenvalue weighted by Gasteiger charge is 2.03. The summed E-state index contributed by atoms with van der Waals surface area (Å²) < 4.78 is 5.03. The second-order valence-electron chi connectivity index (χ2n) is 2.59. The van der Waals surface area contributed by atoms with Crippen molar-refractivity contribution in [2.24, 2.45) is 0 Å². The lowest BCUT2D eigenvalue weighted by atomic mass is 10.1. The van der Waals surface area contributed by atoms with Crippen LogP contribution < -0.4 is 4.74 Å². The molecule has 0 heterocycles. The van der Waals surface area contributed by atoms with Crippen LogP contribution in [0.15, 0.2) is 36.9 Å². The molecule has 0 bridgehead atoms. The molecule has 68 valence electrons. The molecule has 0 aromatic heterocycles. The van der Waals surface area contributed by atoms with Crippen molar-refractivity contribution in [2.45, 2.75) is 13.3 Å². The third kappa shape index (κ3) is 2.44. The van der Waals surface area contributed by atoms with Gasteiger partial charge in [0, 0.05) is 6.08 Å². The molecular formula is C11H12O2. The van der Waals surface area contributed by atoms with E-state index in [-0.39, 0.29) is 0 Å². The Kier molecular flexibility index (Phi) is 3.26.